The third-order valence-corrected chi connectivity index (χ3v) is 3.35. The first-order chi connectivity index (χ1) is 9.63. The second kappa shape index (κ2) is 5.11. The van der Waals surface area contributed by atoms with Gasteiger partial charge in [-0.3, -0.25) is 10.1 Å². The fourth-order valence-electron chi connectivity index (χ4n) is 1.98. The van der Waals surface area contributed by atoms with Gasteiger partial charge in [-0.1, -0.05) is 11.6 Å². The third-order valence-electron chi connectivity index (χ3n) is 2.90. The van der Waals surface area contributed by atoms with Crippen LogP contribution in [0.3, 0.4) is 0 Å². The minimum atomic E-state index is -0.223. The summed E-state index contributed by atoms with van der Waals surface area (Å²) in [6, 6.07) is 11.3. The highest BCUT2D eigenvalue weighted by atomic mass is 35.5. The van der Waals surface area contributed by atoms with Crippen LogP contribution in [0.15, 0.2) is 48.3 Å². The molecule has 2 aromatic rings. The normalized spacial score (nSPS) is 16.4. The molecule has 0 bridgehead atoms. The first-order valence-corrected chi connectivity index (χ1v) is 6.69. The van der Waals surface area contributed by atoms with Crippen molar-refractivity contribution in [1.82, 2.24) is 15.2 Å². The molecular weight excluding hydrogens is 294 g/mol. The lowest BCUT2D eigenvalue weighted by molar-refractivity contribution is -0.115. The molecule has 0 saturated carbocycles. The second-order valence-corrected chi connectivity index (χ2v) is 5.09. The molecule has 1 saturated heterocycles. The minimum Gasteiger partial charge on any atom is -0.328 e. The van der Waals surface area contributed by atoms with Crippen molar-refractivity contribution in [2.75, 3.05) is 0 Å². The van der Waals surface area contributed by atoms with E-state index in [4.69, 9.17) is 23.8 Å². The van der Waals surface area contributed by atoms with Crippen LogP contribution in [0, 0.1) is 0 Å². The predicted molar refractivity (Wildman–Crippen MR) is 82.6 cm³/mol. The number of thiocarbonyl (C=S) groups is 1. The number of hydrogen-bond acceptors (Lipinski definition) is 2. The molecule has 0 aliphatic carbocycles. The monoisotopic (exact) mass is 303 g/mol. The molecule has 1 aliphatic rings. The Morgan fingerprint density at radius 3 is 2.55 bits per heavy atom. The Bertz CT molecular complexity index is 718. The van der Waals surface area contributed by atoms with Crippen LogP contribution >= 0.6 is 23.8 Å². The number of amides is 1. The van der Waals surface area contributed by atoms with Crippen molar-refractivity contribution < 1.29 is 4.79 Å². The third kappa shape index (κ3) is 2.45. The highest BCUT2D eigenvalue weighted by Crippen LogP contribution is 2.18. The molecule has 4 nitrogen and oxygen atoms in total. The van der Waals surface area contributed by atoms with Gasteiger partial charge in [0.15, 0.2) is 5.11 Å². The Morgan fingerprint density at radius 2 is 1.90 bits per heavy atom. The molecule has 2 N–H and O–H groups in total. The lowest BCUT2D eigenvalue weighted by Crippen LogP contribution is -2.21. The second-order valence-electron chi connectivity index (χ2n) is 4.25. The quantitative estimate of drug-likeness (QED) is 0.662. The Hall–Kier alpha value is -2.11. The molecule has 0 radical (unpaired) electrons. The molecule has 2 heterocycles. The number of hydrogen-bond donors (Lipinski definition) is 2. The molecule has 1 aromatic carbocycles. The van der Waals surface area contributed by atoms with Crippen molar-refractivity contribution in [1.29, 1.82) is 0 Å². The summed E-state index contributed by atoms with van der Waals surface area (Å²) in [4.78, 5) is 11.6. The van der Waals surface area contributed by atoms with Crippen LogP contribution in [-0.4, -0.2) is 15.6 Å². The molecule has 0 atom stereocenters. The number of halogens is 1. The molecule has 1 fully saturated rings. The van der Waals surface area contributed by atoms with E-state index >= 15 is 0 Å². The number of carbonyl (C=O) groups excluding carboxylic acids is 1. The molecule has 1 amide bonds. The first-order valence-electron chi connectivity index (χ1n) is 5.91. The van der Waals surface area contributed by atoms with E-state index in [1.165, 1.54) is 0 Å². The smallest absolute Gasteiger partial charge is 0.273 e. The van der Waals surface area contributed by atoms with Gasteiger partial charge < -0.3 is 9.88 Å². The van der Waals surface area contributed by atoms with Crippen LogP contribution in [0.5, 0.6) is 0 Å². The molecule has 3 rings (SSSR count). The lowest BCUT2D eigenvalue weighted by Gasteiger charge is -2.07. The van der Waals surface area contributed by atoms with E-state index in [-0.39, 0.29) is 5.91 Å². The van der Waals surface area contributed by atoms with Crippen molar-refractivity contribution in [2.24, 2.45) is 0 Å². The fourth-order valence-corrected chi connectivity index (χ4v) is 2.31. The van der Waals surface area contributed by atoms with Gasteiger partial charge in [-0.05, 0) is 54.7 Å². The Morgan fingerprint density at radius 1 is 1.15 bits per heavy atom. The van der Waals surface area contributed by atoms with E-state index in [0.29, 0.717) is 15.8 Å². The van der Waals surface area contributed by atoms with E-state index < -0.39 is 0 Å². The predicted octanol–water partition coefficient (Wildman–Crippen LogP) is 2.48. The van der Waals surface area contributed by atoms with Gasteiger partial charge in [0.1, 0.15) is 5.70 Å². The average Bonchev–Trinajstić information content (AvgIpc) is 2.98. The highest BCUT2D eigenvalue weighted by Gasteiger charge is 2.20. The van der Waals surface area contributed by atoms with Gasteiger partial charge in [0.05, 0.1) is 0 Å². The van der Waals surface area contributed by atoms with Crippen LogP contribution in [0.25, 0.3) is 11.8 Å². The van der Waals surface area contributed by atoms with Gasteiger partial charge >= 0.3 is 0 Å². The van der Waals surface area contributed by atoms with Crippen LogP contribution in [-0.2, 0) is 4.79 Å². The van der Waals surface area contributed by atoms with Crippen molar-refractivity contribution >= 4 is 40.9 Å². The van der Waals surface area contributed by atoms with Crippen molar-refractivity contribution in [3.05, 3.63) is 59.0 Å². The summed E-state index contributed by atoms with van der Waals surface area (Å²) >= 11 is 10.8. The summed E-state index contributed by atoms with van der Waals surface area (Å²) in [6.07, 6.45) is 3.67. The lowest BCUT2D eigenvalue weighted by atomic mass is 10.3. The largest absolute Gasteiger partial charge is 0.328 e. The summed E-state index contributed by atoms with van der Waals surface area (Å²) in [5.41, 5.74) is 2.27. The van der Waals surface area contributed by atoms with Crippen LogP contribution in [0.4, 0.5) is 0 Å². The van der Waals surface area contributed by atoms with Crippen LogP contribution in [0.2, 0.25) is 5.02 Å². The zero-order chi connectivity index (χ0) is 14.1. The molecule has 1 aromatic heterocycles. The van der Waals surface area contributed by atoms with Crippen LogP contribution in [0.1, 0.15) is 5.69 Å². The first kappa shape index (κ1) is 12.9. The van der Waals surface area contributed by atoms with Gasteiger partial charge in [0, 0.05) is 22.6 Å². The Labute approximate surface area is 126 Å². The Kier molecular flexibility index (Phi) is 3.30. The summed E-state index contributed by atoms with van der Waals surface area (Å²) in [5.74, 6) is -0.223. The van der Waals surface area contributed by atoms with E-state index in [2.05, 4.69) is 10.6 Å². The molecular formula is C14H10ClN3OS. The van der Waals surface area contributed by atoms with E-state index in [1.54, 1.807) is 6.08 Å². The van der Waals surface area contributed by atoms with Gasteiger partial charge in [-0.2, -0.15) is 0 Å². The van der Waals surface area contributed by atoms with E-state index in [1.807, 2.05) is 47.2 Å². The highest BCUT2D eigenvalue weighted by molar-refractivity contribution is 7.80. The number of benzene rings is 1. The van der Waals surface area contributed by atoms with Crippen molar-refractivity contribution in [2.45, 2.75) is 0 Å². The summed E-state index contributed by atoms with van der Waals surface area (Å²) in [6.45, 7) is 0. The molecule has 0 unspecified atom stereocenters. The molecule has 20 heavy (non-hydrogen) atoms. The molecule has 1 aliphatic heterocycles. The van der Waals surface area contributed by atoms with Crippen molar-refractivity contribution in [3.63, 3.8) is 0 Å². The number of carbonyl (C=O) groups is 1. The zero-order valence-electron chi connectivity index (χ0n) is 10.3. The topological polar surface area (TPSA) is 46.1 Å². The molecule has 6 heteroatoms. The zero-order valence-corrected chi connectivity index (χ0v) is 11.8. The summed E-state index contributed by atoms with van der Waals surface area (Å²) in [7, 11) is 0. The average molecular weight is 304 g/mol. The summed E-state index contributed by atoms with van der Waals surface area (Å²) in [5, 5.41) is 6.37. The molecule has 0 spiro atoms. The van der Waals surface area contributed by atoms with Gasteiger partial charge in [0.25, 0.3) is 5.91 Å². The SMILES string of the molecule is O=C1NC(=S)NC1=Cc1cccn1-c1ccc(Cl)cc1. The van der Waals surface area contributed by atoms with Gasteiger partial charge in [-0.25, -0.2) is 0 Å². The minimum absolute atomic E-state index is 0.223. The van der Waals surface area contributed by atoms with Gasteiger partial charge in [0.2, 0.25) is 0 Å². The fraction of sp³-hybridized carbons (Fsp3) is 0. The number of nitrogens with one attached hydrogen (secondary N) is 2. The standard InChI is InChI=1S/C14H10ClN3OS/c15-9-3-5-10(6-4-9)18-7-1-2-11(18)8-12-13(19)17-14(20)16-12/h1-8H,(H2,16,17,19,20). The van der Waals surface area contributed by atoms with E-state index in [0.717, 1.165) is 11.4 Å². The van der Waals surface area contributed by atoms with Crippen LogP contribution < -0.4 is 10.6 Å². The summed E-state index contributed by atoms with van der Waals surface area (Å²) < 4.78 is 1.96. The van der Waals surface area contributed by atoms with Crippen molar-refractivity contribution in [3.8, 4) is 5.69 Å². The van der Waals surface area contributed by atoms with Gasteiger partial charge in [-0.15, -0.1) is 0 Å². The number of rotatable bonds is 2. The molecule has 100 valence electrons. The maximum absolute atomic E-state index is 11.6. The number of aromatic nitrogens is 1. The Balaban J connectivity index is 1.99. The maximum atomic E-state index is 11.6. The maximum Gasteiger partial charge on any atom is 0.273 e. The van der Waals surface area contributed by atoms with E-state index in [9.17, 15) is 4.79 Å². The number of nitrogens with zero attached hydrogens (tertiary/aromatic N) is 1.